The van der Waals surface area contributed by atoms with E-state index in [4.69, 9.17) is 32.7 Å². The molecule has 1 amide bonds. The molecule has 0 fully saturated rings. The zero-order valence-electron chi connectivity index (χ0n) is 18.5. The Labute approximate surface area is 201 Å². The number of anilines is 2. The Morgan fingerprint density at radius 3 is 2.39 bits per heavy atom. The molecule has 2 heterocycles. The minimum Gasteiger partial charge on any atom is -0.462 e. The summed E-state index contributed by atoms with van der Waals surface area (Å²) in [5.41, 5.74) is 0.820. The fourth-order valence-corrected chi connectivity index (χ4v) is 3.06. The Hall–Kier alpha value is -3.23. The summed E-state index contributed by atoms with van der Waals surface area (Å²) >= 11 is 12.2. The van der Waals surface area contributed by atoms with Crippen molar-refractivity contribution in [1.82, 2.24) is 15.0 Å². The number of benzene rings is 1. The molecule has 172 valence electrons. The number of ether oxygens (including phenoxy) is 2. The fraction of sp³-hybridized carbons (Fsp3) is 0.261. The first-order chi connectivity index (χ1) is 15.6. The molecule has 0 atom stereocenters. The molecule has 0 saturated carbocycles. The number of amides is 1. The molecule has 0 aliphatic carbocycles. The molecule has 3 aromatic rings. The van der Waals surface area contributed by atoms with Gasteiger partial charge in [0.05, 0.1) is 46.0 Å². The lowest BCUT2D eigenvalue weighted by atomic mass is 10.1. The number of hydrogen-bond donors (Lipinski definition) is 0. The number of aromatic nitrogens is 3. The van der Waals surface area contributed by atoms with E-state index in [9.17, 15) is 9.59 Å². The smallest absolute Gasteiger partial charge is 0.420 e. The molecule has 8 nitrogen and oxygen atoms in total. The van der Waals surface area contributed by atoms with Crippen molar-refractivity contribution in [3.63, 3.8) is 0 Å². The highest BCUT2D eigenvalue weighted by molar-refractivity contribution is 6.42. The number of hydrogen-bond acceptors (Lipinski definition) is 7. The van der Waals surface area contributed by atoms with Gasteiger partial charge in [-0.15, -0.1) is 0 Å². The molecule has 0 bridgehead atoms. The van der Waals surface area contributed by atoms with E-state index in [1.54, 1.807) is 45.9 Å². The maximum absolute atomic E-state index is 13.1. The first-order valence-corrected chi connectivity index (χ1v) is 10.8. The zero-order valence-corrected chi connectivity index (χ0v) is 20.0. The molecule has 0 N–H and O–H groups in total. The molecule has 0 saturated heterocycles. The number of esters is 1. The van der Waals surface area contributed by atoms with Gasteiger partial charge < -0.3 is 9.47 Å². The second kappa shape index (κ2) is 10.1. The Bertz CT molecular complexity index is 1180. The summed E-state index contributed by atoms with van der Waals surface area (Å²) in [7, 11) is 0. The van der Waals surface area contributed by atoms with Crippen LogP contribution in [-0.2, 0) is 9.47 Å². The predicted molar refractivity (Wildman–Crippen MR) is 126 cm³/mol. The van der Waals surface area contributed by atoms with E-state index in [-0.39, 0.29) is 23.0 Å². The summed E-state index contributed by atoms with van der Waals surface area (Å²) in [5.74, 6) is -0.316. The summed E-state index contributed by atoms with van der Waals surface area (Å²) in [6.07, 6.45) is 5.18. The fourth-order valence-electron chi connectivity index (χ4n) is 2.77. The standard InChI is InChI=1S/C23H22Cl2N4O4/c1-5-32-21(30)15-8-14(10-26-11-15)19-12-27-13-20(28-19)29(22(31)33-23(2,3)4)16-6-7-17(24)18(25)9-16/h6-13H,5H2,1-4H3. The van der Waals surface area contributed by atoms with E-state index in [1.807, 2.05) is 0 Å². The molecule has 3 rings (SSSR count). The molecular weight excluding hydrogens is 467 g/mol. The normalized spacial score (nSPS) is 11.1. The average Bonchev–Trinajstić information content (AvgIpc) is 2.76. The van der Waals surface area contributed by atoms with Crippen molar-refractivity contribution >= 4 is 46.8 Å². The molecule has 10 heteroatoms. The van der Waals surface area contributed by atoms with Gasteiger partial charge in [-0.05, 0) is 52.0 Å². The number of nitrogens with zero attached hydrogens (tertiary/aromatic N) is 4. The highest BCUT2D eigenvalue weighted by Crippen LogP contribution is 2.32. The summed E-state index contributed by atoms with van der Waals surface area (Å²) < 4.78 is 10.6. The van der Waals surface area contributed by atoms with Gasteiger partial charge in [0, 0.05) is 18.0 Å². The molecule has 2 aromatic heterocycles. The van der Waals surface area contributed by atoms with E-state index < -0.39 is 17.7 Å². The van der Waals surface area contributed by atoms with Crippen molar-refractivity contribution in [2.45, 2.75) is 33.3 Å². The van der Waals surface area contributed by atoms with E-state index in [0.717, 1.165) is 0 Å². The van der Waals surface area contributed by atoms with Gasteiger partial charge in [-0.25, -0.2) is 19.5 Å². The summed E-state index contributed by atoms with van der Waals surface area (Å²) in [4.78, 5) is 39.3. The van der Waals surface area contributed by atoms with E-state index in [2.05, 4.69) is 15.0 Å². The van der Waals surface area contributed by atoms with Gasteiger partial charge in [-0.3, -0.25) is 9.97 Å². The minimum absolute atomic E-state index is 0.182. The van der Waals surface area contributed by atoms with Crippen LogP contribution < -0.4 is 4.90 Å². The summed E-state index contributed by atoms with van der Waals surface area (Å²) in [6.45, 7) is 7.23. The molecule has 33 heavy (non-hydrogen) atoms. The van der Waals surface area contributed by atoms with E-state index >= 15 is 0 Å². The Kier molecular flexibility index (Phi) is 7.50. The van der Waals surface area contributed by atoms with Crippen molar-refractivity contribution in [2.75, 3.05) is 11.5 Å². The van der Waals surface area contributed by atoms with Crippen molar-refractivity contribution in [3.8, 4) is 11.3 Å². The van der Waals surface area contributed by atoms with Crippen LogP contribution in [0.4, 0.5) is 16.3 Å². The van der Waals surface area contributed by atoms with Crippen LogP contribution in [0.25, 0.3) is 11.3 Å². The number of carbonyl (C=O) groups excluding carboxylic acids is 2. The summed E-state index contributed by atoms with van der Waals surface area (Å²) in [5, 5.41) is 0.601. The molecule has 0 unspecified atom stereocenters. The first-order valence-electron chi connectivity index (χ1n) is 10.0. The molecule has 0 aliphatic heterocycles. The minimum atomic E-state index is -0.755. The quantitative estimate of drug-likeness (QED) is 0.400. The van der Waals surface area contributed by atoms with Crippen LogP contribution in [0.5, 0.6) is 0 Å². The second-order valence-electron chi connectivity index (χ2n) is 7.86. The van der Waals surface area contributed by atoms with E-state index in [0.29, 0.717) is 22.0 Å². The largest absolute Gasteiger partial charge is 0.462 e. The van der Waals surface area contributed by atoms with Crippen LogP contribution in [0, 0.1) is 0 Å². The van der Waals surface area contributed by atoms with E-state index in [1.165, 1.54) is 35.8 Å². The van der Waals surface area contributed by atoms with Gasteiger partial charge in [0.15, 0.2) is 5.82 Å². The monoisotopic (exact) mass is 488 g/mol. The number of halogens is 2. The highest BCUT2D eigenvalue weighted by Gasteiger charge is 2.27. The maximum atomic E-state index is 13.1. The number of carbonyl (C=O) groups is 2. The van der Waals surface area contributed by atoms with Gasteiger partial charge in [0.2, 0.25) is 0 Å². The van der Waals surface area contributed by atoms with Crippen LogP contribution >= 0.6 is 23.2 Å². The van der Waals surface area contributed by atoms with Crippen LogP contribution in [-0.4, -0.2) is 39.2 Å². The predicted octanol–water partition coefficient (Wildman–Crippen LogP) is 6.10. The van der Waals surface area contributed by atoms with Crippen LogP contribution in [0.2, 0.25) is 10.0 Å². The van der Waals surface area contributed by atoms with Crippen LogP contribution in [0.15, 0.2) is 49.1 Å². The second-order valence-corrected chi connectivity index (χ2v) is 8.67. The van der Waals surface area contributed by atoms with Crippen molar-refractivity contribution in [3.05, 3.63) is 64.7 Å². The molecule has 0 spiro atoms. The molecule has 1 aromatic carbocycles. The average molecular weight is 489 g/mol. The molecule has 0 aliphatic rings. The highest BCUT2D eigenvalue weighted by atomic mass is 35.5. The maximum Gasteiger partial charge on any atom is 0.420 e. The SMILES string of the molecule is CCOC(=O)c1cncc(-c2cncc(N(C(=O)OC(C)(C)C)c3ccc(Cl)c(Cl)c3)n2)c1. The first kappa shape index (κ1) is 24.4. The lowest BCUT2D eigenvalue weighted by Crippen LogP contribution is -2.34. The van der Waals surface area contributed by atoms with Crippen molar-refractivity contribution in [1.29, 1.82) is 0 Å². The summed E-state index contributed by atoms with van der Waals surface area (Å²) in [6, 6.07) is 6.32. The Morgan fingerprint density at radius 1 is 1.00 bits per heavy atom. The Balaban J connectivity index is 2.06. The van der Waals surface area contributed by atoms with Crippen molar-refractivity contribution in [2.24, 2.45) is 0 Å². The topological polar surface area (TPSA) is 94.5 Å². The Morgan fingerprint density at radius 2 is 1.73 bits per heavy atom. The van der Waals surface area contributed by atoms with Gasteiger partial charge in [0.1, 0.15) is 5.60 Å². The van der Waals surface area contributed by atoms with Crippen LogP contribution in [0.1, 0.15) is 38.1 Å². The van der Waals surface area contributed by atoms with Gasteiger partial charge >= 0.3 is 12.1 Å². The van der Waals surface area contributed by atoms with Crippen LogP contribution in [0.3, 0.4) is 0 Å². The lowest BCUT2D eigenvalue weighted by Gasteiger charge is -2.27. The number of rotatable bonds is 5. The van der Waals surface area contributed by atoms with Gasteiger partial charge in [-0.2, -0.15) is 0 Å². The third kappa shape index (κ3) is 6.18. The molecular formula is C23H22Cl2N4O4. The van der Waals surface area contributed by atoms with Gasteiger partial charge in [0.25, 0.3) is 0 Å². The third-order valence-corrected chi connectivity index (χ3v) is 4.87. The van der Waals surface area contributed by atoms with Gasteiger partial charge in [-0.1, -0.05) is 23.2 Å². The van der Waals surface area contributed by atoms with Crippen molar-refractivity contribution < 1.29 is 19.1 Å². The molecule has 0 radical (unpaired) electrons. The third-order valence-electron chi connectivity index (χ3n) is 4.13. The number of pyridine rings is 1. The lowest BCUT2D eigenvalue weighted by molar-refractivity contribution is 0.0524. The zero-order chi connectivity index (χ0) is 24.2.